The summed E-state index contributed by atoms with van der Waals surface area (Å²) in [5, 5.41) is 0. The molecule has 0 spiro atoms. The molecule has 0 unspecified atom stereocenters. The molecule has 0 aliphatic rings. The number of ketones is 1. The molecule has 0 fully saturated rings. The minimum absolute atomic E-state index is 0.0794. The van der Waals surface area contributed by atoms with Crippen LogP contribution in [0.5, 0.6) is 5.75 Å². The van der Waals surface area contributed by atoms with Crippen LogP contribution in [0.15, 0.2) is 18.2 Å². The van der Waals surface area contributed by atoms with Gasteiger partial charge in [-0.3, -0.25) is 4.79 Å². The molecule has 0 saturated heterocycles. The Kier molecular flexibility index (Phi) is 6.08. The van der Waals surface area contributed by atoms with Crippen molar-refractivity contribution < 1.29 is 14.3 Å². The summed E-state index contributed by atoms with van der Waals surface area (Å²) in [6.45, 7) is 2.31. The van der Waals surface area contributed by atoms with Crippen molar-refractivity contribution in [1.29, 1.82) is 0 Å². The molecule has 17 heavy (non-hydrogen) atoms. The van der Waals surface area contributed by atoms with Crippen molar-refractivity contribution in [3.05, 3.63) is 29.3 Å². The van der Waals surface area contributed by atoms with Gasteiger partial charge in [-0.1, -0.05) is 0 Å². The lowest BCUT2D eigenvalue weighted by molar-refractivity contribution is 0.101. The number of thioether (sulfide) groups is 1. The molecule has 1 rings (SSSR count). The molecule has 0 aliphatic carbocycles. The largest absolute Gasteiger partial charge is 0.496 e. The number of ether oxygens (including phenoxy) is 2. The Morgan fingerprint density at radius 2 is 2.12 bits per heavy atom. The maximum absolute atomic E-state index is 11.3. The molecule has 0 radical (unpaired) electrons. The Balaban J connectivity index is 2.72. The molecular formula is C13H18O3S. The van der Waals surface area contributed by atoms with Gasteiger partial charge in [-0.25, -0.2) is 0 Å². The van der Waals surface area contributed by atoms with E-state index in [4.69, 9.17) is 9.47 Å². The van der Waals surface area contributed by atoms with E-state index in [0.29, 0.717) is 0 Å². The Morgan fingerprint density at radius 1 is 1.35 bits per heavy atom. The van der Waals surface area contributed by atoms with Gasteiger partial charge in [0, 0.05) is 29.7 Å². The fourth-order valence-electron chi connectivity index (χ4n) is 1.43. The van der Waals surface area contributed by atoms with Crippen molar-refractivity contribution in [2.45, 2.75) is 12.7 Å². The highest BCUT2D eigenvalue weighted by atomic mass is 32.2. The third kappa shape index (κ3) is 4.40. The summed E-state index contributed by atoms with van der Waals surface area (Å²) < 4.78 is 10.3. The summed E-state index contributed by atoms with van der Waals surface area (Å²) in [6, 6.07) is 5.55. The Bertz CT molecular complexity index is 377. The van der Waals surface area contributed by atoms with E-state index in [9.17, 15) is 4.79 Å². The van der Waals surface area contributed by atoms with Gasteiger partial charge < -0.3 is 9.47 Å². The number of carbonyl (C=O) groups excluding carboxylic acids is 1. The number of benzene rings is 1. The Morgan fingerprint density at radius 3 is 2.71 bits per heavy atom. The Hall–Kier alpha value is -1.00. The summed E-state index contributed by atoms with van der Waals surface area (Å²) in [7, 11) is 3.34. The van der Waals surface area contributed by atoms with Gasteiger partial charge in [0.25, 0.3) is 0 Å². The SMILES string of the molecule is COCCSCc1cc(C(C)=O)ccc1OC. The first kappa shape index (κ1) is 14.1. The van der Waals surface area contributed by atoms with Crippen molar-refractivity contribution in [2.75, 3.05) is 26.6 Å². The molecule has 0 saturated carbocycles. The average molecular weight is 254 g/mol. The smallest absolute Gasteiger partial charge is 0.159 e. The van der Waals surface area contributed by atoms with Crippen molar-refractivity contribution in [3.8, 4) is 5.75 Å². The maximum Gasteiger partial charge on any atom is 0.159 e. The molecule has 0 bridgehead atoms. The molecule has 4 heteroatoms. The third-order valence-electron chi connectivity index (χ3n) is 2.38. The summed E-state index contributed by atoms with van der Waals surface area (Å²) in [4.78, 5) is 11.3. The molecular weight excluding hydrogens is 236 g/mol. The topological polar surface area (TPSA) is 35.5 Å². The van der Waals surface area contributed by atoms with Crippen LogP contribution in [0.3, 0.4) is 0 Å². The van der Waals surface area contributed by atoms with Gasteiger partial charge in [0.1, 0.15) is 5.75 Å². The average Bonchev–Trinajstić information content (AvgIpc) is 2.34. The fraction of sp³-hybridized carbons (Fsp3) is 0.462. The zero-order valence-electron chi connectivity index (χ0n) is 10.5. The summed E-state index contributed by atoms with van der Waals surface area (Å²) in [6.07, 6.45) is 0. The van der Waals surface area contributed by atoms with E-state index in [0.717, 1.165) is 35.0 Å². The molecule has 0 aliphatic heterocycles. The predicted octanol–water partition coefficient (Wildman–Crippen LogP) is 2.78. The predicted molar refractivity (Wildman–Crippen MR) is 71.0 cm³/mol. The first-order valence-corrected chi connectivity index (χ1v) is 6.59. The van der Waals surface area contributed by atoms with E-state index in [2.05, 4.69) is 0 Å². The minimum atomic E-state index is 0.0794. The second-order valence-electron chi connectivity index (χ2n) is 3.63. The van der Waals surface area contributed by atoms with Crippen LogP contribution in [0.4, 0.5) is 0 Å². The molecule has 0 aromatic heterocycles. The maximum atomic E-state index is 11.3. The molecule has 0 amide bonds. The highest BCUT2D eigenvalue weighted by molar-refractivity contribution is 7.98. The highest BCUT2D eigenvalue weighted by Crippen LogP contribution is 2.24. The zero-order chi connectivity index (χ0) is 12.7. The van der Waals surface area contributed by atoms with Crippen molar-refractivity contribution >= 4 is 17.5 Å². The summed E-state index contributed by atoms with van der Waals surface area (Å²) >= 11 is 1.76. The van der Waals surface area contributed by atoms with Crippen LogP contribution in [0.2, 0.25) is 0 Å². The standard InChI is InChI=1S/C13H18O3S/c1-10(14)11-4-5-13(16-3)12(8-11)9-17-7-6-15-2/h4-5,8H,6-7,9H2,1-3H3. The van der Waals surface area contributed by atoms with Crippen molar-refractivity contribution in [2.24, 2.45) is 0 Å². The van der Waals surface area contributed by atoms with Crippen LogP contribution in [0, 0.1) is 0 Å². The van der Waals surface area contributed by atoms with E-state index >= 15 is 0 Å². The fourth-order valence-corrected chi connectivity index (χ4v) is 2.31. The van der Waals surface area contributed by atoms with Crippen LogP contribution in [0.1, 0.15) is 22.8 Å². The first-order chi connectivity index (χ1) is 8.19. The number of methoxy groups -OCH3 is 2. The van der Waals surface area contributed by atoms with E-state index in [1.165, 1.54) is 0 Å². The minimum Gasteiger partial charge on any atom is -0.496 e. The van der Waals surface area contributed by atoms with Gasteiger partial charge in [0.2, 0.25) is 0 Å². The van der Waals surface area contributed by atoms with Gasteiger partial charge >= 0.3 is 0 Å². The van der Waals surface area contributed by atoms with E-state index in [1.807, 2.05) is 12.1 Å². The molecule has 0 atom stereocenters. The van der Waals surface area contributed by atoms with Crippen LogP contribution in [0.25, 0.3) is 0 Å². The van der Waals surface area contributed by atoms with E-state index in [-0.39, 0.29) is 5.78 Å². The van der Waals surface area contributed by atoms with Gasteiger partial charge in [-0.2, -0.15) is 11.8 Å². The van der Waals surface area contributed by atoms with E-state index < -0.39 is 0 Å². The number of hydrogen-bond donors (Lipinski definition) is 0. The highest BCUT2D eigenvalue weighted by Gasteiger charge is 2.07. The molecule has 1 aromatic rings. The van der Waals surface area contributed by atoms with Gasteiger partial charge in [-0.05, 0) is 25.1 Å². The number of hydrogen-bond acceptors (Lipinski definition) is 4. The second kappa shape index (κ2) is 7.35. The summed E-state index contributed by atoms with van der Waals surface area (Å²) in [5.74, 6) is 2.67. The van der Waals surface area contributed by atoms with Crippen LogP contribution in [-0.4, -0.2) is 32.4 Å². The van der Waals surface area contributed by atoms with E-state index in [1.54, 1.807) is 39.0 Å². The number of rotatable bonds is 7. The first-order valence-electron chi connectivity index (χ1n) is 5.43. The zero-order valence-corrected chi connectivity index (χ0v) is 11.3. The van der Waals surface area contributed by atoms with Gasteiger partial charge in [0.05, 0.1) is 13.7 Å². The van der Waals surface area contributed by atoms with Crippen LogP contribution in [-0.2, 0) is 10.5 Å². The molecule has 1 aromatic carbocycles. The number of Topliss-reactive ketones (excluding diaryl/α,β-unsaturated/α-hetero) is 1. The summed E-state index contributed by atoms with van der Waals surface area (Å²) in [5.41, 5.74) is 1.79. The Labute approximate surface area is 106 Å². The lowest BCUT2D eigenvalue weighted by Crippen LogP contribution is -1.98. The lowest BCUT2D eigenvalue weighted by Gasteiger charge is -2.09. The van der Waals surface area contributed by atoms with Crippen molar-refractivity contribution in [1.82, 2.24) is 0 Å². The normalized spacial score (nSPS) is 10.3. The molecule has 94 valence electrons. The van der Waals surface area contributed by atoms with Gasteiger partial charge in [-0.15, -0.1) is 0 Å². The van der Waals surface area contributed by atoms with Crippen LogP contribution >= 0.6 is 11.8 Å². The van der Waals surface area contributed by atoms with Gasteiger partial charge in [0.15, 0.2) is 5.78 Å². The quantitative estimate of drug-likeness (QED) is 0.553. The molecule has 0 heterocycles. The molecule has 0 N–H and O–H groups in total. The number of carbonyl (C=O) groups is 1. The molecule has 3 nitrogen and oxygen atoms in total. The van der Waals surface area contributed by atoms with Crippen LogP contribution < -0.4 is 4.74 Å². The monoisotopic (exact) mass is 254 g/mol. The van der Waals surface area contributed by atoms with Crippen molar-refractivity contribution in [3.63, 3.8) is 0 Å². The third-order valence-corrected chi connectivity index (χ3v) is 3.35. The lowest BCUT2D eigenvalue weighted by atomic mass is 10.1. The second-order valence-corrected chi connectivity index (χ2v) is 4.73.